The molecule has 0 aliphatic rings. The summed E-state index contributed by atoms with van der Waals surface area (Å²) in [6.45, 7) is 3.92. The third-order valence-corrected chi connectivity index (χ3v) is 3.26. The van der Waals surface area contributed by atoms with Crippen LogP contribution >= 0.6 is 0 Å². The first-order chi connectivity index (χ1) is 10.3. The molecule has 0 aliphatic heterocycles. The summed E-state index contributed by atoms with van der Waals surface area (Å²) in [5, 5.41) is 0. The van der Waals surface area contributed by atoms with Crippen molar-refractivity contribution < 1.29 is 9.53 Å². The van der Waals surface area contributed by atoms with Crippen LogP contribution in [0.2, 0.25) is 0 Å². The number of allylic oxidation sites excluding steroid dienone is 1. The number of carbonyl (C=O) groups excluding carboxylic acids is 1. The molecule has 2 heteroatoms. The molecule has 0 aromatic heterocycles. The average molecular weight is 280 g/mol. The van der Waals surface area contributed by atoms with E-state index < -0.39 is 6.10 Å². The van der Waals surface area contributed by atoms with E-state index >= 15 is 0 Å². The molecule has 1 unspecified atom stereocenters. The first-order valence-electron chi connectivity index (χ1n) is 7.24. The second-order valence-electron chi connectivity index (χ2n) is 4.78. The minimum atomic E-state index is -0.459. The molecule has 2 aromatic carbocycles. The van der Waals surface area contributed by atoms with E-state index in [9.17, 15) is 4.79 Å². The largest absolute Gasteiger partial charge is 0.482 e. The van der Waals surface area contributed by atoms with Crippen molar-refractivity contribution in [2.24, 2.45) is 0 Å². The van der Waals surface area contributed by atoms with Gasteiger partial charge >= 0.3 is 0 Å². The Morgan fingerprint density at radius 2 is 1.76 bits per heavy atom. The molecule has 21 heavy (non-hydrogen) atoms. The number of rotatable bonds is 6. The van der Waals surface area contributed by atoms with Crippen molar-refractivity contribution in [3.05, 3.63) is 71.8 Å². The van der Waals surface area contributed by atoms with Crippen LogP contribution in [0, 0.1) is 0 Å². The first kappa shape index (κ1) is 15.0. The van der Waals surface area contributed by atoms with Gasteiger partial charge in [-0.2, -0.15) is 0 Å². The van der Waals surface area contributed by atoms with Gasteiger partial charge in [0.25, 0.3) is 0 Å². The van der Waals surface area contributed by atoms with Crippen molar-refractivity contribution in [3.8, 4) is 5.75 Å². The fourth-order valence-corrected chi connectivity index (χ4v) is 2.17. The molecular weight excluding hydrogens is 260 g/mol. The lowest BCUT2D eigenvalue weighted by atomic mass is 10.0. The van der Waals surface area contributed by atoms with Crippen LogP contribution in [0.4, 0.5) is 0 Å². The van der Waals surface area contributed by atoms with Crippen LogP contribution in [-0.4, -0.2) is 11.9 Å². The molecule has 108 valence electrons. The summed E-state index contributed by atoms with van der Waals surface area (Å²) in [5.74, 6) is 0.764. The van der Waals surface area contributed by atoms with Gasteiger partial charge in [-0.1, -0.05) is 67.6 Å². The maximum atomic E-state index is 12.5. The molecule has 0 aliphatic carbocycles. The van der Waals surface area contributed by atoms with Crippen LogP contribution in [0.5, 0.6) is 5.75 Å². The normalized spacial score (nSPS) is 12.3. The van der Waals surface area contributed by atoms with E-state index in [1.54, 1.807) is 0 Å². The highest BCUT2D eigenvalue weighted by atomic mass is 16.5. The molecule has 2 rings (SSSR count). The highest BCUT2D eigenvalue weighted by Crippen LogP contribution is 2.22. The van der Waals surface area contributed by atoms with Crippen LogP contribution in [-0.2, 0) is 0 Å². The van der Waals surface area contributed by atoms with Crippen molar-refractivity contribution in [1.29, 1.82) is 0 Å². The Balaban J connectivity index is 2.22. The number of ether oxygens (including phenoxy) is 1. The average Bonchev–Trinajstić information content (AvgIpc) is 2.54. The molecule has 0 heterocycles. The summed E-state index contributed by atoms with van der Waals surface area (Å²) in [6.07, 6.45) is 4.12. The van der Waals surface area contributed by atoms with E-state index in [1.165, 1.54) is 0 Å². The highest BCUT2D eigenvalue weighted by molar-refractivity contribution is 5.99. The molecule has 2 aromatic rings. The molecule has 0 fully saturated rings. The van der Waals surface area contributed by atoms with Crippen molar-refractivity contribution >= 4 is 11.9 Å². The SMILES string of the molecule is CC=Cc1ccccc1OC(CC)C(=O)c1ccccc1. The third-order valence-electron chi connectivity index (χ3n) is 3.26. The smallest absolute Gasteiger partial charge is 0.203 e. The fourth-order valence-electron chi connectivity index (χ4n) is 2.17. The summed E-state index contributed by atoms with van der Waals surface area (Å²) >= 11 is 0. The monoisotopic (exact) mass is 280 g/mol. The zero-order chi connectivity index (χ0) is 15.1. The van der Waals surface area contributed by atoms with E-state index in [0.29, 0.717) is 12.0 Å². The van der Waals surface area contributed by atoms with Gasteiger partial charge in [0.1, 0.15) is 5.75 Å². The van der Waals surface area contributed by atoms with E-state index in [2.05, 4.69) is 0 Å². The van der Waals surface area contributed by atoms with Crippen LogP contribution < -0.4 is 4.74 Å². The molecule has 0 spiro atoms. The first-order valence-corrected chi connectivity index (χ1v) is 7.24. The summed E-state index contributed by atoms with van der Waals surface area (Å²) in [4.78, 5) is 12.5. The van der Waals surface area contributed by atoms with Gasteiger partial charge in [-0.3, -0.25) is 4.79 Å². The molecule has 0 saturated carbocycles. The summed E-state index contributed by atoms with van der Waals surface area (Å²) in [7, 11) is 0. The molecule has 0 amide bonds. The second-order valence-corrected chi connectivity index (χ2v) is 4.78. The fraction of sp³-hybridized carbons (Fsp3) is 0.211. The van der Waals surface area contributed by atoms with Crippen molar-refractivity contribution in [2.75, 3.05) is 0 Å². The maximum absolute atomic E-state index is 12.5. The topological polar surface area (TPSA) is 26.3 Å². The van der Waals surface area contributed by atoms with E-state index in [4.69, 9.17) is 4.74 Å². The van der Waals surface area contributed by atoms with Crippen molar-refractivity contribution in [2.45, 2.75) is 26.4 Å². The minimum absolute atomic E-state index is 0.0216. The van der Waals surface area contributed by atoms with Gasteiger partial charge in [0, 0.05) is 11.1 Å². The quantitative estimate of drug-likeness (QED) is 0.713. The minimum Gasteiger partial charge on any atom is -0.482 e. The van der Waals surface area contributed by atoms with E-state index in [1.807, 2.05) is 80.6 Å². The molecule has 0 saturated heterocycles. The van der Waals surface area contributed by atoms with Crippen LogP contribution in [0.15, 0.2) is 60.7 Å². The zero-order valence-corrected chi connectivity index (χ0v) is 12.5. The zero-order valence-electron chi connectivity index (χ0n) is 12.5. The summed E-state index contributed by atoms with van der Waals surface area (Å²) < 4.78 is 5.96. The van der Waals surface area contributed by atoms with Crippen molar-refractivity contribution in [1.82, 2.24) is 0 Å². The molecular formula is C19H20O2. The van der Waals surface area contributed by atoms with Crippen LogP contribution in [0.3, 0.4) is 0 Å². The number of hydrogen-bond donors (Lipinski definition) is 0. The van der Waals surface area contributed by atoms with Crippen LogP contribution in [0.25, 0.3) is 6.08 Å². The second kappa shape index (κ2) is 7.44. The van der Waals surface area contributed by atoms with Gasteiger partial charge in [0.2, 0.25) is 5.78 Å². The predicted molar refractivity (Wildman–Crippen MR) is 86.6 cm³/mol. The Labute approximate surface area is 126 Å². The standard InChI is InChI=1S/C19H20O2/c1-3-10-15-11-8-9-14-18(15)21-17(4-2)19(20)16-12-6-5-7-13-16/h3,5-14,17H,4H2,1-2H3. The van der Waals surface area contributed by atoms with Gasteiger partial charge in [0.05, 0.1) is 0 Å². The Bertz CT molecular complexity index is 614. The van der Waals surface area contributed by atoms with Gasteiger partial charge in [-0.15, -0.1) is 0 Å². The number of hydrogen-bond acceptors (Lipinski definition) is 2. The lowest BCUT2D eigenvalue weighted by molar-refractivity contribution is 0.0786. The van der Waals surface area contributed by atoms with Crippen molar-refractivity contribution in [3.63, 3.8) is 0 Å². The van der Waals surface area contributed by atoms with E-state index in [-0.39, 0.29) is 5.78 Å². The van der Waals surface area contributed by atoms with Crippen LogP contribution in [0.1, 0.15) is 36.2 Å². The summed E-state index contributed by atoms with van der Waals surface area (Å²) in [5.41, 5.74) is 1.67. The van der Waals surface area contributed by atoms with Gasteiger partial charge in [-0.25, -0.2) is 0 Å². The third kappa shape index (κ3) is 3.82. The Morgan fingerprint density at radius 3 is 2.43 bits per heavy atom. The Morgan fingerprint density at radius 1 is 1.10 bits per heavy atom. The Hall–Kier alpha value is -2.35. The number of para-hydroxylation sites is 1. The van der Waals surface area contributed by atoms with Gasteiger partial charge in [-0.05, 0) is 19.4 Å². The number of carbonyl (C=O) groups is 1. The maximum Gasteiger partial charge on any atom is 0.203 e. The molecule has 2 nitrogen and oxygen atoms in total. The number of benzene rings is 2. The van der Waals surface area contributed by atoms with E-state index in [0.717, 1.165) is 11.3 Å². The lowest BCUT2D eigenvalue weighted by Gasteiger charge is -2.18. The van der Waals surface area contributed by atoms with Gasteiger partial charge in [0.15, 0.2) is 6.10 Å². The summed E-state index contributed by atoms with van der Waals surface area (Å²) in [6, 6.07) is 17.1. The molecule has 0 bridgehead atoms. The molecule has 0 N–H and O–H groups in total. The number of Topliss-reactive ketones (excluding diaryl/α,β-unsaturated/α-hetero) is 1. The molecule has 1 atom stereocenters. The highest BCUT2D eigenvalue weighted by Gasteiger charge is 2.20. The lowest BCUT2D eigenvalue weighted by Crippen LogP contribution is -2.27. The number of ketones is 1. The predicted octanol–water partition coefficient (Wildman–Crippen LogP) is 4.76. The van der Waals surface area contributed by atoms with Gasteiger partial charge < -0.3 is 4.74 Å². The Kier molecular flexibility index (Phi) is 5.33. The molecule has 0 radical (unpaired) electrons.